The van der Waals surface area contributed by atoms with Crippen molar-refractivity contribution >= 4 is 27.7 Å². The van der Waals surface area contributed by atoms with E-state index >= 15 is 0 Å². The van der Waals surface area contributed by atoms with Gasteiger partial charge in [-0.3, -0.25) is 14.8 Å². The number of H-pyrrole nitrogens is 1. The SMILES string of the molecule is O=C(Cc1c[nH]c2ccc(F)cc12)N[C@@H](Cc1cc(F)cc(F)c1)c1ncccc1-c1cnc2ccccc2c1. The van der Waals surface area contributed by atoms with Gasteiger partial charge in [0.05, 0.1) is 23.7 Å². The van der Waals surface area contributed by atoms with Crippen LogP contribution in [0.4, 0.5) is 13.2 Å². The molecule has 0 saturated heterocycles. The number of para-hydroxylation sites is 1. The number of aromatic amines is 1. The van der Waals surface area contributed by atoms with Gasteiger partial charge in [0.1, 0.15) is 17.5 Å². The molecule has 40 heavy (non-hydrogen) atoms. The largest absolute Gasteiger partial charge is 0.361 e. The maximum absolute atomic E-state index is 14.1. The Hall–Kier alpha value is -4.98. The standard InChI is InChI=1S/C32H23F3N4O/c33-23-7-8-29-27(16-23)22(18-38-29)14-31(40)39-30(12-19-10-24(34)15-25(35)11-19)32-26(5-3-9-36-32)21-13-20-4-1-2-6-28(20)37-17-21/h1-11,13,15-18,30,38H,12,14H2,(H,39,40)/t30-/m0/s1. The highest BCUT2D eigenvalue weighted by molar-refractivity contribution is 5.89. The van der Waals surface area contributed by atoms with Gasteiger partial charge in [-0.15, -0.1) is 0 Å². The van der Waals surface area contributed by atoms with E-state index in [0.29, 0.717) is 27.7 Å². The van der Waals surface area contributed by atoms with Crippen molar-refractivity contribution in [3.05, 3.63) is 132 Å². The van der Waals surface area contributed by atoms with Crippen molar-refractivity contribution in [3.63, 3.8) is 0 Å². The van der Waals surface area contributed by atoms with Crippen LogP contribution in [0, 0.1) is 17.5 Å². The molecule has 3 aromatic heterocycles. The van der Waals surface area contributed by atoms with Crippen molar-refractivity contribution in [2.75, 3.05) is 0 Å². The van der Waals surface area contributed by atoms with Crippen molar-refractivity contribution in [2.45, 2.75) is 18.9 Å². The van der Waals surface area contributed by atoms with Crippen LogP contribution in [0.25, 0.3) is 32.9 Å². The predicted molar refractivity (Wildman–Crippen MR) is 148 cm³/mol. The Bertz CT molecular complexity index is 1850. The first-order chi connectivity index (χ1) is 19.4. The van der Waals surface area contributed by atoms with Crippen LogP contribution < -0.4 is 5.32 Å². The summed E-state index contributed by atoms with van der Waals surface area (Å²) in [5.74, 6) is -2.16. The first kappa shape index (κ1) is 25.3. The molecule has 6 rings (SSSR count). The van der Waals surface area contributed by atoms with E-state index in [1.165, 1.54) is 24.3 Å². The number of benzene rings is 3. The third kappa shape index (κ3) is 5.29. The molecule has 0 radical (unpaired) electrons. The zero-order valence-corrected chi connectivity index (χ0v) is 21.2. The van der Waals surface area contributed by atoms with Gasteiger partial charge in [-0.25, -0.2) is 13.2 Å². The Morgan fingerprint density at radius 2 is 1.70 bits per heavy atom. The number of fused-ring (bicyclic) bond motifs is 2. The number of nitrogens with zero attached hydrogens (tertiary/aromatic N) is 2. The van der Waals surface area contributed by atoms with Gasteiger partial charge >= 0.3 is 0 Å². The molecule has 3 aromatic carbocycles. The summed E-state index contributed by atoms with van der Waals surface area (Å²) >= 11 is 0. The Labute approximate surface area is 227 Å². The summed E-state index contributed by atoms with van der Waals surface area (Å²) in [7, 11) is 0. The molecule has 0 saturated carbocycles. The zero-order valence-electron chi connectivity index (χ0n) is 21.2. The smallest absolute Gasteiger partial charge is 0.225 e. The third-order valence-electron chi connectivity index (χ3n) is 6.85. The van der Waals surface area contributed by atoms with Gasteiger partial charge in [0, 0.05) is 52.1 Å². The van der Waals surface area contributed by atoms with Crippen molar-refractivity contribution in [1.82, 2.24) is 20.3 Å². The molecule has 5 nitrogen and oxygen atoms in total. The quantitative estimate of drug-likeness (QED) is 0.235. The fourth-order valence-corrected chi connectivity index (χ4v) is 5.05. The van der Waals surface area contributed by atoms with E-state index in [0.717, 1.165) is 28.1 Å². The van der Waals surface area contributed by atoms with Crippen LogP contribution >= 0.6 is 0 Å². The normalized spacial score (nSPS) is 12.1. The number of hydrogen-bond donors (Lipinski definition) is 2. The highest BCUT2D eigenvalue weighted by Gasteiger charge is 2.22. The number of aromatic nitrogens is 3. The van der Waals surface area contributed by atoms with Gasteiger partial charge in [-0.2, -0.15) is 0 Å². The molecule has 2 N–H and O–H groups in total. The maximum atomic E-state index is 14.1. The molecule has 1 atom stereocenters. The number of rotatable bonds is 7. The Kier molecular flexibility index (Phi) is 6.74. The van der Waals surface area contributed by atoms with E-state index in [2.05, 4.69) is 20.3 Å². The van der Waals surface area contributed by atoms with Crippen LogP contribution in [0.15, 0.2) is 97.5 Å². The van der Waals surface area contributed by atoms with Gasteiger partial charge in [-0.05, 0) is 66.1 Å². The first-order valence-corrected chi connectivity index (χ1v) is 12.7. The van der Waals surface area contributed by atoms with E-state index in [9.17, 15) is 18.0 Å². The summed E-state index contributed by atoms with van der Waals surface area (Å²) < 4.78 is 42.1. The average Bonchev–Trinajstić information content (AvgIpc) is 3.33. The van der Waals surface area contributed by atoms with E-state index in [1.807, 2.05) is 36.4 Å². The predicted octanol–water partition coefficient (Wildman–Crippen LogP) is 6.84. The van der Waals surface area contributed by atoms with Crippen LogP contribution in [0.1, 0.15) is 22.9 Å². The molecule has 0 aliphatic carbocycles. The third-order valence-corrected chi connectivity index (χ3v) is 6.85. The fourth-order valence-electron chi connectivity index (χ4n) is 5.05. The number of nitrogens with one attached hydrogen (secondary N) is 2. The van der Waals surface area contributed by atoms with Gasteiger partial charge in [-0.1, -0.05) is 24.3 Å². The molecule has 198 valence electrons. The van der Waals surface area contributed by atoms with E-state index in [1.54, 1.807) is 30.7 Å². The minimum Gasteiger partial charge on any atom is -0.361 e. The molecule has 0 spiro atoms. The molecule has 0 aliphatic heterocycles. The topological polar surface area (TPSA) is 70.7 Å². The minimum absolute atomic E-state index is 0.0306. The summed E-state index contributed by atoms with van der Waals surface area (Å²) in [6.45, 7) is 0. The number of amides is 1. The number of carbonyl (C=O) groups excluding carboxylic acids is 1. The van der Waals surface area contributed by atoms with Gasteiger partial charge in [0.15, 0.2) is 0 Å². The lowest BCUT2D eigenvalue weighted by Crippen LogP contribution is -2.32. The lowest BCUT2D eigenvalue weighted by atomic mass is 9.95. The molecule has 8 heteroatoms. The molecule has 3 heterocycles. The second kappa shape index (κ2) is 10.6. The maximum Gasteiger partial charge on any atom is 0.225 e. The van der Waals surface area contributed by atoms with Gasteiger partial charge in [0.2, 0.25) is 5.91 Å². The summed E-state index contributed by atoms with van der Waals surface area (Å²) in [6.07, 6.45) is 5.09. The number of carbonyl (C=O) groups is 1. The number of pyridine rings is 2. The molecule has 1 amide bonds. The minimum atomic E-state index is -0.724. The summed E-state index contributed by atoms with van der Waals surface area (Å²) in [4.78, 5) is 25.6. The van der Waals surface area contributed by atoms with Crippen molar-refractivity contribution in [1.29, 1.82) is 0 Å². The number of hydrogen-bond acceptors (Lipinski definition) is 3. The second-order valence-corrected chi connectivity index (χ2v) is 9.64. The summed E-state index contributed by atoms with van der Waals surface area (Å²) in [5, 5.41) is 4.56. The van der Waals surface area contributed by atoms with Crippen LogP contribution in [-0.4, -0.2) is 20.9 Å². The number of halogens is 3. The Morgan fingerprint density at radius 3 is 2.55 bits per heavy atom. The molecule has 0 fully saturated rings. The molecular weight excluding hydrogens is 513 g/mol. The summed E-state index contributed by atoms with van der Waals surface area (Å²) in [5.41, 5.74) is 4.60. The van der Waals surface area contributed by atoms with Crippen LogP contribution in [0.3, 0.4) is 0 Å². The Balaban J connectivity index is 1.37. The summed E-state index contributed by atoms with van der Waals surface area (Å²) in [6, 6.07) is 20.3. The Morgan fingerprint density at radius 1 is 0.875 bits per heavy atom. The molecule has 0 aliphatic rings. The fraction of sp³-hybridized carbons (Fsp3) is 0.0938. The molecular formula is C32H23F3N4O. The van der Waals surface area contributed by atoms with Crippen LogP contribution in [-0.2, 0) is 17.6 Å². The highest BCUT2D eigenvalue weighted by Crippen LogP contribution is 2.31. The first-order valence-electron chi connectivity index (χ1n) is 12.7. The highest BCUT2D eigenvalue weighted by atomic mass is 19.1. The second-order valence-electron chi connectivity index (χ2n) is 9.64. The lowest BCUT2D eigenvalue weighted by molar-refractivity contribution is -0.121. The molecule has 6 aromatic rings. The average molecular weight is 537 g/mol. The van der Waals surface area contributed by atoms with E-state index < -0.39 is 23.5 Å². The lowest BCUT2D eigenvalue weighted by Gasteiger charge is -2.22. The molecule has 0 bridgehead atoms. The van der Waals surface area contributed by atoms with Crippen molar-refractivity contribution in [2.24, 2.45) is 0 Å². The van der Waals surface area contributed by atoms with Crippen molar-refractivity contribution < 1.29 is 18.0 Å². The zero-order chi connectivity index (χ0) is 27.6. The van der Waals surface area contributed by atoms with Crippen molar-refractivity contribution in [3.8, 4) is 11.1 Å². The van der Waals surface area contributed by atoms with Crippen LogP contribution in [0.5, 0.6) is 0 Å². The van der Waals surface area contributed by atoms with Gasteiger partial charge < -0.3 is 10.3 Å². The monoisotopic (exact) mass is 536 g/mol. The van der Waals surface area contributed by atoms with E-state index in [4.69, 9.17) is 0 Å². The van der Waals surface area contributed by atoms with E-state index in [-0.39, 0.29) is 18.7 Å². The molecule has 0 unspecified atom stereocenters. The van der Waals surface area contributed by atoms with Gasteiger partial charge in [0.25, 0.3) is 0 Å². The van der Waals surface area contributed by atoms with Crippen LogP contribution in [0.2, 0.25) is 0 Å².